The summed E-state index contributed by atoms with van der Waals surface area (Å²) in [6.45, 7) is 4.11. The molecule has 1 aliphatic rings. The zero-order valence-corrected chi connectivity index (χ0v) is 18.1. The number of carbonyl (C=O) groups is 2. The normalized spacial score (nSPS) is 13.6. The summed E-state index contributed by atoms with van der Waals surface area (Å²) in [5.74, 6) is 0.355. The molecule has 0 bridgehead atoms. The van der Waals surface area contributed by atoms with E-state index in [4.69, 9.17) is 4.74 Å². The lowest BCUT2D eigenvalue weighted by Crippen LogP contribution is -2.29. The molecule has 0 radical (unpaired) electrons. The molecule has 1 fully saturated rings. The van der Waals surface area contributed by atoms with Crippen LogP contribution in [0.5, 0.6) is 5.88 Å². The molecular formula is C23H27N5O3. The van der Waals surface area contributed by atoms with E-state index in [1.807, 2.05) is 44.2 Å². The van der Waals surface area contributed by atoms with Crippen LogP contribution < -0.4 is 15.4 Å². The van der Waals surface area contributed by atoms with E-state index < -0.39 is 0 Å². The largest absolute Gasteiger partial charge is 0.466 e. The van der Waals surface area contributed by atoms with E-state index in [0.717, 1.165) is 52.8 Å². The third-order valence-corrected chi connectivity index (χ3v) is 5.59. The summed E-state index contributed by atoms with van der Waals surface area (Å²) in [5, 5.41) is 11.0. The number of nitrogens with zero attached hydrogens (tertiary/aromatic N) is 3. The number of aryl methyl sites for hydroxylation is 3. The molecule has 1 aliphatic carbocycles. The minimum absolute atomic E-state index is 0.0726. The summed E-state index contributed by atoms with van der Waals surface area (Å²) in [7, 11) is 1.80. The Hall–Kier alpha value is -3.42. The quantitative estimate of drug-likeness (QED) is 0.611. The third kappa shape index (κ3) is 4.68. The Morgan fingerprint density at radius 3 is 2.77 bits per heavy atom. The molecule has 8 nitrogen and oxygen atoms in total. The highest BCUT2D eigenvalue weighted by Gasteiger charge is 2.25. The summed E-state index contributed by atoms with van der Waals surface area (Å²) >= 11 is 0. The number of pyridine rings is 1. The van der Waals surface area contributed by atoms with E-state index >= 15 is 0 Å². The van der Waals surface area contributed by atoms with Gasteiger partial charge in [0.25, 0.3) is 5.91 Å². The summed E-state index contributed by atoms with van der Waals surface area (Å²) in [6.07, 6.45) is 3.04. The van der Waals surface area contributed by atoms with Crippen LogP contribution >= 0.6 is 0 Å². The fourth-order valence-electron chi connectivity index (χ4n) is 3.71. The molecule has 1 saturated carbocycles. The van der Waals surface area contributed by atoms with E-state index in [0.29, 0.717) is 12.4 Å². The number of ether oxygens (including phenoxy) is 1. The molecule has 162 valence electrons. The second-order valence-electron chi connectivity index (χ2n) is 8.09. The SMILES string of the molecule is Cc1cc(C)c2c(OCC(=O)NCc3cccc(NC(=O)C4CCC4)c3)nn(C)c2n1. The lowest BCUT2D eigenvalue weighted by atomic mass is 9.85. The third-order valence-electron chi connectivity index (χ3n) is 5.59. The Balaban J connectivity index is 1.32. The minimum Gasteiger partial charge on any atom is -0.466 e. The number of nitrogens with one attached hydrogen (secondary N) is 2. The van der Waals surface area contributed by atoms with Crippen LogP contribution in [0.15, 0.2) is 30.3 Å². The molecular weight excluding hydrogens is 394 g/mol. The van der Waals surface area contributed by atoms with Crippen LogP contribution in [-0.4, -0.2) is 33.2 Å². The van der Waals surface area contributed by atoms with Crippen LogP contribution in [0.2, 0.25) is 0 Å². The smallest absolute Gasteiger partial charge is 0.258 e. The minimum atomic E-state index is -0.250. The Morgan fingerprint density at radius 1 is 1.23 bits per heavy atom. The molecule has 2 heterocycles. The van der Waals surface area contributed by atoms with Gasteiger partial charge in [-0.25, -0.2) is 9.67 Å². The fraction of sp³-hybridized carbons (Fsp3) is 0.391. The second-order valence-corrected chi connectivity index (χ2v) is 8.09. The number of benzene rings is 1. The standard InChI is InChI=1S/C23H27N5O3/c1-14-10-15(2)25-21-20(14)23(27-28(21)3)31-13-19(29)24-12-16-6-4-9-18(11-16)26-22(30)17-7-5-8-17/h4,6,9-11,17H,5,7-8,12-13H2,1-3H3,(H,24,29)(H,26,30). The van der Waals surface area contributed by atoms with Gasteiger partial charge in [0.1, 0.15) is 0 Å². The lowest BCUT2D eigenvalue weighted by Gasteiger charge is -2.24. The van der Waals surface area contributed by atoms with Crippen molar-refractivity contribution < 1.29 is 14.3 Å². The highest BCUT2D eigenvalue weighted by Crippen LogP contribution is 2.28. The molecule has 8 heteroatoms. The van der Waals surface area contributed by atoms with Crippen molar-refractivity contribution in [3.8, 4) is 5.88 Å². The summed E-state index contributed by atoms with van der Waals surface area (Å²) < 4.78 is 7.35. The number of anilines is 1. The monoisotopic (exact) mass is 421 g/mol. The Bertz CT molecular complexity index is 1130. The maximum absolute atomic E-state index is 12.3. The topological polar surface area (TPSA) is 98.1 Å². The fourth-order valence-corrected chi connectivity index (χ4v) is 3.71. The van der Waals surface area contributed by atoms with Gasteiger partial charge < -0.3 is 15.4 Å². The molecule has 2 amide bonds. The van der Waals surface area contributed by atoms with Gasteiger partial charge in [0.2, 0.25) is 11.8 Å². The number of rotatable bonds is 7. The van der Waals surface area contributed by atoms with Gasteiger partial charge in [-0.2, -0.15) is 0 Å². The predicted molar refractivity (Wildman–Crippen MR) is 118 cm³/mol. The van der Waals surface area contributed by atoms with Crippen LogP contribution in [-0.2, 0) is 23.2 Å². The van der Waals surface area contributed by atoms with Crippen LogP contribution in [0.1, 0.15) is 36.1 Å². The average Bonchev–Trinajstić information content (AvgIpc) is 2.99. The van der Waals surface area contributed by atoms with Gasteiger partial charge >= 0.3 is 0 Å². The predicted octanol–water partition coefficient (Wildman–Crippen LogP) is 3.02. The number of hydrogen-bond acceptors (Lipinski definition) is 5. The van der Waals surface area contributed by atoms with E-state index in [1.54, 1.807) is 11.7 Å². The first-order valence-corrected chi connectivity index (χ1v) is 10.5. The van der Waals surface area contributed by atoms with Gasteiger partial charge in [0, 0.05) is 30.9 Å². The summed E-state index contributed by atoms with van der Waals surface area (Å²) in [5.41, 5.74) is 4.29. The first kappa shape index (κ1) is 20.8. The number of aromatic nitrogens is 3. The maximum atomic E-state index is 12.3. The lowest BCUT2D eigenvalue weighted by molar-refractivity contribution is -0.123. The average molecular weight is 422 g/mol. The van der Waals surface area contributed by atoms with Gasteiger partial charge in [-0.05, 0) is 56.0 Å². The molecule has 0 atom stereocenters. The molecule has 2 N–H and O–H groups in total. The van der Waals surface area contributed by atoms with Crippen molar-refractivity contribution >= 4 is 28.5 Å². The van der Waals surface area contributed by atoms with Gasteiger partial charge in [-0.1, -0.05) is 18.6 Å². The zero-order valence-electron chi connectivity index (χ0n) is 18.1. The molecule has 0 spiro atoms. The second kappa shape index (κ2) is 8.75. The van der Waals surface area contributed by atoms with Crippen LogP contribution in [0.3, 0.4) is 0 Å². The van der Waals surface area contributed by atoms with Gasteiger partial charge in [0.05, 0.1) is 5.39 Å². The molecule has 2 aromatic heterocycles. The molecule has 1 aromatic carbocycles. The first-order valence-electron chi connectivity index (χ1n) is 10.5. The van der Waals surface area contributed by atoms with Gasteiger partial charge in [-0.15, -0.1) is 5.10 Å². The zero-order chi connectivity index (χ0) is 22.0. The van der Waals surface area contributed by atoms with Gasteiger partial charge in [-0.3, -0.25) is 9.59 Å². The van der Waals surface area contributed by atoms with Crippen LogP contribution in [0.4, 0.5) is 5.69 Å². The number of amides is 2. The van der Waals surface area contributed by atoms with Crippen molar-refractivity contribution in [1.29, 1.82) is 0 Å². The van der Waals surface area contributed by atoms with Crippen molar-refractivity contribution in [1.82, 2.24) is 20.1 Å². The Morgan fingerprint density at radius 2 is 2.03 bits per heavy atom. The van der Waals surface area contributed by atoms with Crippen LogP contribution in [0, 0.1) is 19.8 Å². The van der Waals surface area contributed by atoms with Crippen molar-refractivity contribution in [2.24, 2.45) is 13.0 Å². The van der Waals surface area contributed by atoms with Crippen molar-refractivity contribution in [2.75, 3.05) is 11.9 Å². The Kier molecular flexibility index (Phi) is 5.88. The number of carbonyl (C=O) groups excluding carboxylic acids is 2. The summed E-state index contributed by atoms with van der Waals surface area (Å²) in [4.78, 5) is 28.9. The van der Waals surface area contributed by atoms with E-state index in [9.17, 15) is 9.59 Å². The molecule has 3 aromatic rings. The highest BCUT2D eigenvalue weighted by atomic mass is 16.5. The van der Waals surface area contributed by atoms with E-state index in [-0.39, 0.29) is 24.3 Å². The summed E-state index contributed by atoms with van der Waals surface area (Å²) in [6, 6.07) is 9.47. The molecule has 4 rings (SSSR count). The van der Waals surface area contributed by atoms with Crippen LogP contribution in [0.25, 0.3) is 11.0 Å². The van der Waals surface area contributed by atoms with Gasteiger partial charge in [0.15, 0.2) is 12.3 Å². The number of fused-ring (bicyclic) bond motifs is 1. The van der Waals surface area contributed by atoms with Crippen molar-refractivity contribution in [3.63, 3.8) is 0 Å². The van der Waals surface area contributed by atoms with Crippen molar-refractivity contribution in [2.45, 2.75) is 39.7 Å². The van der Waals surface area contributed by atoms with Crippen molar-refractivity contribution in [3.05, 3.63) is 47.2 Å². The van der Waals surface area contributed by atoms with E-state index in [2.05, 4.69) is 20.7 Å². The first-order chi connectivity index (χ1) is 14.9. The molecule has 0 unspecified atom stereocenters. The molecule has 0 aliphatic heterocycles. The Labute approximate surface area is 181 Å². The maximum Gasteiger partial charge on any atom is 0.258 e. The highest BCUT2D eigenvalue weighted by molar-refractivity contribution is 5.93. The number of hydrogen-bond donors (Lipinski definition) is 2. The molecule has 31 heavy (non-hydrogen) atoms. The molecule has 0 saturated heterocycles. The van der Waals surface area contributed by atoms with E-state index in [1.165, 1.54) is 0 Å².